The summed E-state index contributed by atoms with van der Waals surface area (Å²) in [7, 11) is 0. The maximum absolute atomic E-state index is 6.26. The third kappa shape index (κ3) is 4.97. The summed E-state index contributed by atoms with van der Waals surface area (Å²) in [4.78, 5) is 2.42. The van der Waals surface area contributed by atoms with Crippen molar-refractivity contribution in [2.45, 2.75) is 13.5 Å². The van der Waals surface area contributed by atoms with Crippen LogP contribution in [0.15, 0.2) is 53.6 Å². The molecule has 0 atom stereocenters. The number of para-hydroxylation sites is 1. The van der Waals surface area contributed by atoms with Crippen molar-refractivity contribution in [2.75, 3.05) is 32.8 Å². The molecule has 0 amide bonds. The van der Waals surface area contributed by atoms with Gasteiger partial charge in [-0.25, -0.2) is 0 Å². The Morgan fingerprint density at radius 1 is 1.04 bits per heavy atom. The molecule has 3 rings (SSSR count). The summed E-state index contributed by atoms with van der Waals surface area (Å²) in [5, 5.41) is 7.59. The Morgan fingerprint density at radius 3 is 2.52 bits per heavy atom. The van der Waals surface area contributed by atoms with E-state index >= 15 is 0 Å². The molecule has 1 aliphatic rings. The molecule has 1 heterocycles. The van der Waals surface area contributed by atoms with Gasteiger partial charge in [0.05, 0.1) is 12.8 Å². The molecule has 4 nitrogen and oxygen atoms in total. The van der Waals surface area contributed by atoms with Crippen LogP contribution in [0.4, 0.5) is 0 Å². The lowest BCUT2D eigenvalue weighted by Crippen LogP contribution is -2.43. The molecule has 0 aliphatic carbocycles. The van der Waals surface area contributed by atoms with Gasteiger partial charge in [-0.15, -0.1) is 0 Å². The Kier molecular flexibility index (Phi) is 6.31. The lowest BCUT2D eigenvalue weighted by Gasteiger charge is -2.33. The number of halogens is 1. The summed E-state index contributed by atoms with van der Waals surface area (Å²) in [6.45, 7) is 7.34. The Hall–Kier alpha value is -2.04. The first-order chi connectivity index (χ1) is 12.3. The van der Waals surface area contributed by atoms with Crippen LogP contribution in [0.3, 0.4) is 0 Å². The molecule has 2 aromatic rings. The van der Waals surface area contributed by atoms with Crippen LogP contribution < -0.4 is 4.74 Å². The first-order valence-corrected chi connectivity index (χ1v) is 9.10. The molecule has 1 saturated heterocycles. The van der Waals surface area contributed by atoms with E-state index in [4.69, 9.17) is 16.3 Å². The number of nitrogens with zero attached hydrogens (tertiary/aromatic N) is 3. The highest BCUT2D eigenvalue weighted by Crippen LogP contribution is 2.18. The van der Waals surface area contributed by atoms with Crippen molar-refractivity contribution < 1.29 is 4.74 Å². The summed E-state index contributed by atoms with van der Waals surface area (Å²) in [6.07, 6.45) is 1.90. The van der Waals surface area contributed by atoms with Crippen molar-refractivity contribution in [3.8, 4) is 5.75 Å². The minimum atomic E-state index is 0.658. The molecule has 0 N–H and O–H groups in total. The van der Waals surface area contributed by atoms with Gasteiger partial charge in [0.2, 0.25) is 0 Å². The minimum Gasteiger partial charge on any atom is -0.493 e. The molecule has 132 valence electrons. The molecular weight excluding hydrogens is 334 g/mol. The van der Waals surface area contributed by atoms with Crippen LogP contribution in [0.1, 0.15) is 18.1 Å². The van der Waals surface area contributed by atoms with Gasteiger partial charge >= 0.3 is 0 Å². The van der Waals surface area contributed by atoms with Gasteiger partial charge in [-0.3, -0.25) is 9.91 Å². The standard InChI is InChI=1S/C20H24ClN3O/c1-2-25-20-10-6-4-7-17(20)15-22-24-13-11-23(12-14-24)16-18-8-3-5-9-19(18)21/h3-10,15H,2,11-14,16H2,1H3/b22-15-. The Balaban J connectivity index is 1.53. The van der Waals surface area contributed by atoms with E-state index in [1.807, 2.05) is 55.6 Å². The highest BCUT2D eigenvalue weighted by molar-refractivity contribution is 6.31. The molecule has 1 fully saturated rings. The summed E-state index contributed by atoms with van der Waals surface area (Å²) in [6, 6.07) is 16.1. The largest absolute Gasteiger partial charge is 0.493 e. The molecule has 25 heavy (non-hydrogen) atoms. The van der Waals surface area contributed by atoms with E-state index in [1.165, 1.54) is 5.56 Å². The third-order valence-corrected chi connectivity index (χ3v) is 4.65. The van der Waals surface area contributed by atoms with E-state index in [2.05, 4.69) is 21.1 Å². The highest BCUT2D eigenvalue weighted by atomic mass is 35.5. The van der Waals surface area contributed by atoms with E-state index in [0.29, 0.717) is 6.61 Å². The zero-order chi connectivity index (χ0) is 17.5. The first-order valence-electron chi connectivity index (χ1n) is 8.73. The molecule has 2 aromatic carbocycles. The van der Waals surface area contributed by atoms with Crippen LogP contribution in [0.2, 0.25) is 5.02 Å². The minimum absolute atomic E-state index is 0.658. The smallest absolute Gasteiger partial charge is 0.128 e. The fraction of sp³-hybridized carbons (Fsp3) is 0.350. The van der Waals surface area contributed by atoms with E-state index in [1.54, 1.807) is 0 Å². The Bertz CT molecular complexity index is 712. The quantitative estimate of drug-likeness (QED) is 0.734. The molecule has 0 saturated carbocycles. The van der Waals surface area contributed by atoms with Crippen LogP contribution in [0, 0.1) is 0 Å². The predicted octanol–water partition coefficient (Wildman–Crippen LogP) is 3.89. The van der Waals surface area contributed by atoms with Crippen LogP contribution in [-0.2, 0) is 6.54 Å². The topological polar surface area (TPSA) is 28.1 Å². The fourth-order valence-electron chi connectivity index (χ4n) is 2.90. The van der Waals surface area contributed by atoms with E-state index in [0.717, 1.165) is 49.1 Å². The third-order valence-electron chi connectivity index (χ3n) is 4.28. The zero-order valence-electron chi connectivity index (χ0n) is 14.6. The number of benzene rings is 2. The van der Waals surface area contributed by atoms with Crippen LogP contribution >= 0.6 is 11.6 Å². The van der Waals surface area contributed by atoms with E-state index in [-0.39, 0.29) is 0 Å². The number of hydrogen-bond acceptors (Lipinski definition) is 4. The van der Waals surface area contributed by atoms with Crippen LogP contribution in [0.5, 0.6) is 5.75 Å². The monoisotopic (exact) mass is 357 g/mol. The second-order valence-corrected chi connectivity index (χ2v) is 6.44. The molecule has 1 aliphatic heterocycles. The number of hydrogen-bond donors (Lipinski definition) is 0. The number of rotatable bonds is 6. The molecule has 0 spiro atoms. The molecule has 5 heteroatoms. The average Bonchev–Trinajstić information content (AvgIpc) is 2.64. The van der Waals surface area contributed by atoms with Gasteiger partial charge in [0.1, 0.15) is 5.75 Å². The van der Waals surface area contributed by atoms with E-state index < -0.39 is 0 Å². The van der Waals surface area contributed by atoms with Gasteiger partial charge in [0.15, 0.2) is 0 Å². The van der Waals surface area contributed by atoms with Gasteiger partial charge in [-0.05, 0) is 30.7 Å². The summed E-state index contributed by atoms with van der Waals surface area (Å²) in [5.41, 5.74) is 2.20. The Morgan fingerprint density at radius 2 is 1.76 bits per heavy atom. The first kappa shape index (κ1) is 17.8. The summed E-state index contributed by atoms with van der Waals surface area (Å²) >= 11 is 6.26. The van der Waals surface area contributed by atoms with E-state index in [9.17, 15) is 0 Å². The van der Waals surface area contributed by atoms with Crippen molar-refractivity contribution in [1.82, 2.24) is 9.91 Å². The molecule has 0 radical (unpaired) electrons. The zero-order valence-corrected chi connectivity index (χ0v) is 15.3. The number of hydrazone groups is 1. The van der Waals surface area contributed by atoms with Crippen LogP contribution in [0.25, 0.3) is 0 Å². The van der Waals surface area contributed by atoms with Crippen molar-refractivity contribution in [3.05, 3.63) is 64.7 Å². The van der Waals surface area contributed by atoms with Gasteiger partial charge in [0.25, 0.3) is 0 Å². The van der Waals surface area contributed by atoms with Crippen molar-refractivity contribution in [3.63, 3.8) is 0 Å². The van der Waals surface area contributed by atoms with Crippen molar-refractivity contribution in [1.29, 1.82) is 0 Å². The fourth-order valence-corrected chi connectivity index (χ4v) is 3.09. The molecular formula is C20H24ClN3O. The van der Waals surface area contributed by atoms with Gasteiger partial charge in [0, 0.05) is 43.3 Å². The maximum Gasteiger partial charge on any atom is 0.128 e. The molecule has 0 bridgehead atoms. The van der Waals surface area contributed by atoms with Gasteiger partial charge in [-0.2, -0.15) is 5.10 Å². The van der Waals surface area contributed by atoms with Gasteiger partial charge < -0.3 is 4.74 Å². The van der Waals surface area contributed by atoms with Crippen LogP contribution in [-0.4, -0.2) is 48.9 Å². The van der Waals surface area contributed by atoms with Crippen molar-refractivity contribution in [2.24, 2.45) is 5.10 Å². The SMILES string of the molecule is CCOc1ccccc1/C=N\N1CCN(Cc2ccccc2Cl)CC1. The number of piperazine rings is 1. The summed E-state index contributed by atoms with van der Waals surface area (Å²) < 4.78 is 5.64. The normalized spacial score (nSPS) is 15.7. The lowest BCUT2D eigenvalue weighted by atomic mass is 10.2. The second-order valence-electron chi connectivity index (χ2n) is 6.04. The predicted molar refractivity (Wildman–Crippen MR) is 104 cm³/mol. The molecule has 0 aromatic heterocycles. The second kappa shape index (κ2) is 8.88. The highest BCUT2D eigenvalue weighted by Gasteiger charge is 2.16. The Labute approximate surface area is 154 Å². The van der Waals surface area contributed by atoms with Crippen molar-refractivity contribution >= 4 is 17.8 Å². The number of ether oxygens (including phenoxy) is 1. The van der Waals surface area contributed by atoms with Gasteiger partial charge in [-0.1, -0.05) is 41.9 Å². The average molecular weight is 358 g/mol. The molecule has 0 unspecified atom stereocenters. The lowest BCUT2D eigenvalue weighted by molar-refractivity contribution is 0.131. The summed E-state index contributed by atoms with van der Waals surface area (Å²) in [5.74, 6) is 0.881. The maximum atomic E-state index is 6.26.